The van der Waals surface area contributed by atoms with Crippen LogP contribution in [0.1, 0.15) is 175 Å². The zero-order valence-electron chi connectivity index (χ0n) is 29.5. The van der Waals surface area contributed by atoms with Crippen LogP contribution in [0.5, 0.6) is 0 Å². The summed E-state index contributed by atoms with van der Waals surface area (Å²) in [5, 5.41) is 0. The number of rotatable bonds is 28. The van der Waals surface area contributed by atoms with E-state index in [1.165, 1.54) is 103 Å². The van der Waals surface area contributed by atoms with Gasteiger partial charge in [0.05, 0.1) is 6.61 Å². The van der Waals surface area contributed by atoms with Crippen LogP contribution >= 0.6 is 0 Å². The molecule has 0 aromatic rings. The molecule has 0 spiro atoms. The maximum absolute atomic E-state index is 12.6. The van der Waals surface area contributed by atoms with Crippen molar-refractivity contribution >= 4 is 12.1 Å². The topological polar surface area (TPSA) is 65.1 Å². The fourth-order valence-electron chi connectivity index (χ4n) is 6.32. The Morgan fingerprint density at radius 1 is 0.727 bits per heavy atom. The van der Waals surface area contributed by atoms with Gasteiger partial charge >= 0.3 is 12.1 Å². The number of allylic oxidation sites excluding steroid dienone is 1. The highest BCUT2D eigenvalue weighted by Gasteiger charge is 2.21. The number of ether oxygens (including phenoxy) is 3. The summed E-state index contributed by atoms with van der Waals surface area (Å²) in [6, 6.07) is 0. The van der Waals surface area contributed by atoms with E-state index in [2.05, 4.69) is 37.9 Å². The Bertz CT molecular complexity index is 711. The average molecular weight is 622 g/mol. The molecule has 0 saturated carbocycles. The minimum absolute atomic E-state index is 0.0211. The Hall–Kier alpha value is -1.56. The number of unbranched alkanes of at least 4 members (excludes halogenated alkanes) is 15. The second kappa shape index (κ2) is 28.9. The minimum atomic E-state index is -0.466. The molecule has 1 heterocycles. The van der Waals surface area contributed by atoms with Gasteiger partial charge in [-0.05, 0) is 77.8 Å². The lowest BCUT2D eigenvalue weighted by Gasteiger charge is -2.29. The zero-order chi connectivity index (χ0) is 32.1. The van der Waals surface area contributed by atoms with E-state index in [1.807, 2.05) is 0 Å². The lowest BCUT2D eigenvalue weighted by atomic mass is 10.00. The lowest BCUT2D eigenvalue weighted by Crippen LogP contribution is -2.35. The number of carbonyl (C=O) groups is 2. The molecule has 2 unspecified atom stereocenters. The monoisotopic (exact) mass is 622 g/mol. The Morgan fingerprint density at radius 3 is 1.86 bits per heavy atom. The van der Waals surface area contributed by atoms with Crippen LogP contribution in [0.4, 0.5) is 4.79 Å². The molecular formula is C38H71NO5. The number of nitrogens with zero attached hydrogens (tertiary/aromatic N) is 1. The van der Waals surface area contributed by atoms with Gasteiger partial charge in [0.1, 0.15) is 12.2 Å². The van der Waals surface area contributed by atoms with Gasteiger partial charge in [-0.25, -0.2) is 4.79 Å². The highest BCUT2D eigenvalue weighted by molar-refractivity contribution is 5.66. The highest BCUT2D eigenvalue weighted by Crippen LogP contribution is 2.20. The molecule has 1 aliphatic rings. The Balaban J connectivity index is 2.27. The van der Waals surface area contributed by atoms with E-state index in [0.717, 1.165) is 70.9 Å². The van der Waals surface area contributed by atoms with Crippen LogP contribution in [0.15, 0.2) is 12.2 Å². The largest absolute Gasteiger partial charge is 0.508 e. The van der Waals surface area contributed by atoms with Gasteiger partial charge in [0.2, 0.25) is 0 Å². The summed E-state index contributed by atoms with van der Waals surface area (Å²) < 4.78 is 17.0. The fraction of sp³-hybridized carbons (Fsp3) is 0.895. The summed E-state index contributed by atoms with van der Waals surface area (Å²) in [6.07, 6.45) is 32.1. The first-order chi connectivity index (χ1) is 21.4. The molecular weight excluding hydrogens is 550 g/mol. The van der Waals surface area contributed by atoms with Crippen molar-refractivity contribution in [2.24, 2.45) is 5.92 Å². The number of esters is 1. The third-order valence-corrected chi connectivity index (χ3v) is 8.98. The third kappa shape index (κ3) is 24.7. The summed E-state index contributed by atoms with van der Waals surface area (Å²) in [4.78, 5) is 26.3. The van der Waals surface area contributed by atoms with Crippen molar-refractivity contribution in [3.8, 4) is 0 Å². The van der Waals surface area contributed by atoms with Crippen LogP contribution in [-0.2, 0) is 19.0 Å². The molecule has 0 amide bonds. The molecule has 0 N–H and O–H groups in total. The second-order valence-corrected chi connectivity index (χ2v) is 13.5. The molecule has 0 bridgehead atoms. The molecule has 1 fully saturated rings. The predicted octanol–water partition coefficient (Wildman–Crippen LogP) is 11.0. The van der Waals surface area contributed by atoms with Crippen molar-refractivity contribution in [3.63, 3.8) is 0 Å². The van der Waals surface area contributed by atoms with Gasteiger partial charge in [-0.3, -0.25) is 4.79 Å². The van der Waals surface area contributed by atoms with Gasteiger partial charge in [0.15, 0.2) is 0 Å². The first kappa shape index (κ1) is 40.5. The Morgan fingerprint density at radius 2 is 1.27 bits per heavy atom. The van der Waals surface area contributed by atoms with Gasteiger partial charge in [0, 0.05) is 25.8 Å². The van der Waals surface area contributed by atoms with Crippen molar-refractivity contribution in [2.75, 3.05) is 26.7 Å². The molecule has 0 aliphatic carbocycles. The molecule has 1 saturated heterocycles. The molecule has 44 heavy (non-hydrogen) atoms. The van der Waals surface area contributed by atoms with Crippen molar-refractivity contribution in [2.45, 2.75) is 187 Å². The third-order valence-electron chi connectivity index (χ3n) is 8.98. The lowest BCUT2D eigenvalue weighted by molar-refractivity contribution is -0.146. The number of hydrogen-bond donors (Lipinski definition) is 0. The molecule has 1 aliphatic heterocycles. The summed E-state index contributed by atoms with van der Waals surface area (Å²) >= 11 is 0. The van der Waals surface area contributed by atoms with Crippen molar-refractivity contribution < 1.29 is 23.8 Å². The molecule has 6 nitrogen and oxygen atoms in total. The number of likely N-dealkylation sites (tertiary alicyclic amines) is 1. The van der Waals surface area contributed by atoms with Gasteiger partial charge in [-0.1, -0.05) is 109 Å². The van der Waals surface area contributed by atoms with E-state index in [1.54, 1.807) is 0 Å². The van der Waals surface area contributed by atoms with Gasteiger partial charge < -0.3 is 19.1 Å². The normalized spacial score (nSPS) is 17.0. The second-order valence-electron chi connectivity index (χ2n) is 13.5. The van der Waals surface area contributed by atoms with E-state index in [9.17, 15) is 9.59 Å². The van der Waals surface area contributed by atoms with E-state index < -0.39 is 6.16 Å². The maximum Gasteiger partial charge on any atom is 0.508 e. The number of carbonyl (C=O) groups excluding carboxylic acids is 2. The predicted molar refractivity (Wildman–Crippen MR) is 184 cm³/mol. The van der Waals surface area contributed by atoms with E-state index >= 15 is 0 Å². The van der Waals surface area contributed by atoms with E-state index in [0.29, 0.717) is 12.5 Å². The Kier molecular flexibility index (Phi) is 26.6. The van der Waals surface area contributed by atoms with Crippen LogP contribution in [0, 0.1) is 5.92 Å². The van der Waals surface area contributed by atoms with Crippen molar-refractivity contribution in [1.82, 2.24) is 4.90 Å². The van der Waals surface area contributed by atoms with Crippen LogP contribution in [0.2, 0.25) is 0 Å². The zero-order valence-corrected chi connectivity index (χ0v) is 29.5. The van der Waals surface area contributed by atoms with Crippen LogP contribution in [-0.4, -0.2) is 56.0 Å². The van der Waals surface area contributed by atoms with Gasteiger partial charge in [-0.2, -0.15) is 0 Å². The van der Waals surface area contributed by atoms with Crippen LogP contribution in [0.3, 0.4) is 0 Å². The fourth-order valence-corrected chi connectivity index (χ4v) is 6.32. The first-order valence-electron chi connectivity index (χ1n) is 18.8. The van der Waals surface area contributed by atoms with E-state index in [-0.39, 0.29) is 18.2 Å². The highest BCUT2D eigenvalue weighted by atomic mass is 16.7. The molecule has 0 radical (unpaired) electrons. The van der Waals surface area contributed by atoms with Gasteiger partial charge in [-0.15, -0.1) is 0 Å². The smallest absolute Gasteiger partial charge is 0.462 e. The summed E-state index contributed by atoms with van der Waals surface area (Å²) in [7, 11) is 2.14. The standard InChI is InChI=1S/C38H71NO5/c1-5-7-9-11-12-15-19-23-29-37(44-38(41)42-33-35-26-25-31-39(4)32-35)30-24-20-17-14-13-16-18-22-28-36(43-34(3)40)27-21-10-8-6-2/h18,22,35-37H,5-17,19-21,23-33H2,1-4H3/b22-18-/t35?,36-,37?/m1/s1. The van der Waals surface area contributed by atoms with E-state index in [4.69, 9.17) is 14.2 Å². The molecule has 3 atom stereocenters. The molecule has 1 rings (SSSR count). The molecule has 0 aromatic carbocycles. The summed E-state index contributed by atoms with van der Waals surface area (Å²) in [5.74, 6) is 0.252. The molecule has 6 heteroatoms. The first-order valence-corrected chi connectivity index (χ1v) is 18.8. The average Bonchev–Trinajstić information content (AvgIpc) is 2.99. The number of piperidine rings is 1. The minimum Gasteiger partial charge on any atom is -0.462 e. The number of hydrogen-bond acceptors (Lipinski definition) is 6. The SMILES string of the molecule is CCCCCCCCCCC(CCCCCCC/C=C\C[C@@H](CCCCCC)OC(C)=O)OC(=O)OCC1CCCN(C)C1. The van der Waals surface area contributed by atoms with Crippen LogP contribution in [0.25, 0.3) is 0 Å². The van der Waals surface area contributed by atoms with Crippen molar-refractivity contribution in [1.29, 1.82) is 0 Å². The molecule has 0 aromatic heterocycles. The summed E-state index contributed by atoms with van der Waals surface area (Å²) in [5.41, 5.74) is 0. The molecule has 258 valence electrons. The van der Waals surface area contributed by atoms with Crippen molar-refractivity contribution in [3.05, 3.63) is 12.2 Å². The maximum atomic E-state index is 12.6. The van der Waals surface area contributed by atoms with Gasteiger partial charge in [0.25, 0.3) is 0 Å². The summed E-state index contributed by atoms with van der Waals surface area (Å²) in [6.45, 7) is 8.60. The Labute approximate surface area is 272 Å². The quantitative estimate of drug-likeness (QED) is 0.0492. The van der Waals surface area contributed by atoms with Crippen LogP contribution < -0.4 is 0 Å².